The second kappa shape index (κ2) is 11.8. The summed E-state index contributed by atoms with van der Waals surface area (Å²) in [4.78, 5) is 27.9. The molecule has 0 aliphatic heterocycles. The van der Waals surface area contributed by atoms with Crippen LogP contribution >= 0.6 is 0 Å². The number of carbonyl (C=O) groups is 2. The molecule has 7 nitrogen and oxygen atoms in total. The van der Waals surface area contributed by atoms with E-state index in [4.69, 9.17) is 0 Å². The smallest absolute Gasteiger partial charge is 0.244 e. The van der Waals surface area contributed by atoms with E-state index in [-0.39, 0.29) is 19.0 Å². The van der Waals surface area contributed by atoms with Crippen LogP contribution in [-0.2, 0) is 32.6 Å². The minimum atomic E-state index is -3.74. The van der Waals surface area contributed by atoms with Gasteiger partial charge in [-0.3, -0.25) is 13.9 Å². The van der Waals surface area contributed by atoms with Crippen molar-refractivity contribution in [1.29, 1.82) is 0 Å². The summed E-state index contributed by atoms with van der Waals surface area (Å²) in [5.41, 5.74) is 3.24. The number of sulfonamides is 1. The third-order valence-corrected chi connectivity index (χ3v) is 6.62. The van der Waals surface area contributed by atoms with Crippen LogP contribution in [0, 0.1) is 6.92 Å². The van der Waals surface area contributed by atoms with Crippen LogP contribution in [0.5, 0.6) is 0 Å². The van der Waals surface area contributed by atoms with Crippen molar-refractivity contribution >= 4 is 27.5 Å². The summed E-state index contributed by atoms with van der Waals surface area (Å²) in [5.74, 6) is -0.674. The Bertz CT molecular complexity index is 1070. The van der Waals surface area contributed by atoms with Crippen molar-refractivity contribution in [2.24, 2.45) is 0 Å². The van der Waals surface area contributed by atoms with E-state index < -0.39 is 22.0 Å². The summed E-state index contributed by atoms with van der Waals surface area (Å²) in [5, 5.41) is 2.80. The molecule has 0 heterocycles. The first kappa shape index (κ1) is 26.4. The van der Waals surface area contributed by atoms with Gasteiger partial charge in [-0.1, -0.05) is 61.9 Å². The van der Waals surface area contributed by atoms with Crippen LogP contribution in [0.3, 0.4) is 0 Å². The molecule has 2 rings (SSSR count). The van der Waals surface area contributed by atoms with Crippen LogP contribution < -0.4 is 9.62 Å². The van der Waals surface area contributed by atoms with Gasteiger partial charge in [-0.15, -0.1) is 0 Å². The fourth-order valence-corrected chi connectivity index (χ4v) is 4.75. The lowest BCUT2D eigenvalue weighted by Gasteiger charge is -2.33. The summed E-state index contributed by atoms with van der Waals surface area (Å²) in [7, 11) is -3.74. The number of para-hydroxylation sites is 1. The van der Waals surface area contributed by atoms with Crippen molar-refractivity contribution in [2.75, 3.05) is 23.7 Å². The number of rotatable bonds is 11. The molecule has 0 spiro atoms. The van der Waals surface area contributed by atoms with Gasteiger partial charge in [-0.25, -0.2) is 8.42 Å². The molecular formula is C25H35N3O4S. The highest BCUT2D eigenvalue weighted by Gasteiger charge is 2.32. The van der Waals surface area contributed by atoms with Gasteiger partial charge >= 0.3 is 0 Å². The largest absolute Gasteiger partial charge is 0.355 e. The standard InChI is InChI=1S/C25H35N3O4S/c1-6-21-14-9-10-15-23(21)28(33(5,31)32)18-24(29)27(22(7-2)25(30)26-8-3)17-20-13-11-12-19(4)16-20/h9-16,22H,6-8,17-18H2,1-5H3,(H,26,30). The average Bonchev–Trinajstić information content (AvgIpc) is 2.76. The highest BCUT2D eigenvalue weighted by atomic mass is 32.2. The molecule has 2 aromatic rings. The first-order valence-electron chi connectivity index (χ1n) is 11.3. The molecule has 180 valence electrons. The van der Waals surface area contributed by atoms with E-state index in [1.165, 1.54) is 4.90 Å². The number of hydrogen-bond acceptors (Lipinski definition) is 4. The molecule has 8 heteroatoms. The van der Waals surface area contributed by atoms with Gasteiger partial charge in [0.15, 0.2) is 0 Å². The van der Waals surface area contributed by atoms with E-state index in [0.717, 1.165) is 27.3 Å². The molecule has 1 atom stereocenters. The number of nitrogens with one attached hydrogen (secondary N) is 1. The number of aryl methyl sites for hydroxylation is 2. The molecule has 0 aliphatic rings. The van der Waals surface area contributed by atoms with Gasteiger partial charge in [0.05, 0.1) is 11.9 Å². The number of carbonyl (C=O) groups excluding carboxylic acids is 2. The van der Waals surface area contributed by atoms with Gasteiger partial charge in [-0.2, -0.15) is 0 Å². The lowest BCUT2D eigenvalue weighted by molar-refractivity contribution is -0.140. The van der Waals surface area contributed by atoms with Crippen LogP contribution in [0.25, 0.3) is 0 Å². The van der Waals surface area contributed by atoms with Gasteiger partial charge in [0, 0.05) is 13.1 Å². The van der Waals surface area contributed by atoms with Gasteiger partial charge in [0.25, 0.3) is 0 Å². The highest BCUT2D eigenvalue weighted by molar-refractivity contribution is 7.92. The van der Waals surface area contributed by atoms with Crippen LogP contribution in [0.2, 0.25) is 0 Å². The maximum absolute atomic E-state index is 13.6. The van der Waals surface area contributed by atoms with Crippen molar-refractivity contribution in [3.8, 4) is 0 Å². The maximum Gasteiger partial charge on any atom is 0.244 e. The predicted octanol–water partition coefficient (Wildman–Crippen LogP) is 3.27. The summed E-state index contributed by atoms with van der Waals surface area (Å²) in [6, 6.07) is 14.2. The Balaban J connectivity index is 2.47. The van der Waals surface area contributed by atoms with E-state index in [9.17, 15) is 18.0 Å². The number of likely N-dealkylation sites (N-methyl/N-ethyl adjacent to an activating group) is 1. The number of hydrogen-bond donors (Lipinski definition) is 1. The highest BCUT2D eigenvalue weighted by Crippen LogP contribution is 2.24. The van der Waals surface area contributed by atoms with Crippen LogP contribution in [0.1, 0.15) is 43.9 Å². The second-order valence-corrected chi connectivity index (χ2v) is 9.99. The monoisotopic (exact) mass is 473 g/mol. The Morgan fingerprint density at radius 2 is 1.73 bits per heavy atom. The second-order valence-electron chi connectivity index (χ2n) is 8.08. The molecule has 1 N–H and O–H groups in total. The minimum Gasteiger partial charge on any atom is -0.355 e. The van der Waals surface area contributed by atoms with Crippen molar-refractivity contribution in [2.45, 2.75) is 53.1 Å². The molecule has 2 aromatic carbocycles. The number of benzene rings is 2. The minimum absolute atomic E-state index is 0.211. The maximum atomic E-state index is 13.6. The quantitative estimate of drug-likeness (QED) is 0.543. The third-order valence-electron chi connectivity index (χ3n) is 5.49. The average molecular weight is 474 g/mol. The van der Waals surface area contributed by atoms with E-state index in [1.807, 2.05) is 64.1 Å². The summed E-state index contributed by atoms with van der Waals surface area (Å²) < 4.78 is 26.6. The van der Waals surface area contributed by atoms with E-state index in [0.29, 0.717) is 25.1 Å². The van der Waals surface area contributed by atoms with Crippen LogP contribution in [0.4, 0.5) is 5.69 Å². The number of nitrogens with zero attached hydrogens (tertiary/aromatic N) is 2. The Kier molecular flexibility index (Phi) is 9.46. The molecule has 0 aliphatic carbocycles. The van der Waals surface area contributed by atoms with Gasteiger partial charge in [0.2, 0.25) is 21.8 Å². The zero-order valence-electron chi connectivity index (χ0n) is 20.2. The lowest BCUT2D eigenvalue weighted by Crippen LogP contribution is -2.52. The molecule has 0 bridgehead atoms. The fraction of sp³-hybridized carbons (Fsp3) is 0.440. The van der Waals surface area contributed by atoms with E-state index in [1.54, 1.807) is 12.1 Å². The fourth-order valence-electron chi connectivity index (χ4n) is 3.87. The molecule has 33 heavy (non-hydrogen) atoms. The van der Waals surface area contributed by atoms with Crippen LogP contribution in [0.15, 0.2) is 48.5 Å². The number of amides is 2. The van der Waals surface area contributed by atoms with Gasteiger partial charge in [0.1, 0.15) is 12.6 Å². The molecule has 0 saturated carbocycles. The van der Waals surface area contributed by atoms with Crippen molar-refractivity contribution < 1.29 is 18.0 Å². The summed E-state index contributed by atoms with van der Waals surface area (Å²) in [6.07, 6.45) is 2.13. The van der Waals surface area contributed by atoms with E-state index in [2.05, 4.69) is 5.32 Å². The zero-order valence-corrected chi connectivity index (χ0v) is 21.0. The zero-order chi connectivity index (χ0) is 24.6. The van der Waals surface area contributed by atoms with Crippen molar-refractivity contribution in [1.82, 2.24) is 10.2 Å². The van der Waals surface area contributed by atoms with E-state index >= 15 is 0 Å². The first-order valence-corrected chi connectivity index (χ1v) is 13.1. The molecule has 0 radical (unpaired) electrons. The summed E-state index contributed by atoms with van der Waals surface area (Å²) in [6.45, 7) is 7.85. The number of anilines is 1. The van der Waals surface area contributed by atoms with Gasteiger partial charge < -0.3 is 10.2 Å². The van der Waals surface area contributed by atoms with Crippen molar-refractivity contribution in [3.63, 3.8) is 0 Å². The lowest BCUT2D eigenvalue weighted by atomic mass is 10.1. The molecule has 0 aromatic heterocycles. The van der Waals surface area contributed by atoms with Crippen molar-refractivity contribution in [3.05, 3.63) is 65.2 Å². The Labute approximate surface area is 197 Å². The first-order chi connectivity index (χ1) is 15.6. The molecule has 0 fully saturated rings. The normalized spacial score (nSPS) is 12.2. The molecule has 1 unspecified atom stereocenters. The summed E-state index contributed by atoms with van der Waals surface area (Å²) >= 11 is 0. The Morgan fingerprint density at radius 3 is 2.30 bits per heavy atom. The molecular weight excluding hydrogens is 438 g/mol. The predicted molar refractivity (Wildman–Crippen MR) is 133 cm³/mol. The third kappa shape index (κ3) is 7.05. The van der Waals surface area contributed by atoms with Gasteiger partial charge in [-0.05, 0) is 43.9 Å². The van der Waals surface area contributed by atoms with Crippen LogP contribution in [-0.4, -0.2) is 50.5 Å². The topological polar surface area (TPSA) is 86.8 Å². The molecule has 2 amide bonds. The Hall–Kier alpha value is -2.87. The SMILES string of the molecule is CCNC(=O)C(CC)N(Cc1cccc(C)c1)C(=O)CN(c1ccccc1CC)S(C)(=O)=O. The molecule has 0 saturated heterocycles. The Morgan fingerprint density at radius 1 is 1.03 bits per heavy atom.